The molecule has 0 amide bonds. The van der Waals surface area contributed by atoms with Crippen molar-refractivity contribution in [1.29, 1.82) is 0 Å². The molecule has 1 rings (SSSR count). The summed E-state index contributed by atoms with van der Waals surface area (Å²) in [6.07, 6.45) is 34.8. The van der Waals surface area contributed by atoms with E-state index in [1.807, 2.05) is 0 Å². The lowest BCUT2D eigenvalue weighted by molar-refractivity contribution is -0.305. The Morgan fingerprint density at radius 2 is 1.07 bits per heavy atom. The Balaban J connectivity index is 2.25. The Morgan fingerprint density at radius 1 is 0.593 bits per heavy atom. The minimum Gasteiger partial charge on any atom is -0.457 e. The fraction of sp³-hybridized carbons (Fsp3) is 0.889. The van der Waals surface area contributed by atoms with Crippen molar-refractivity contribution >= 4 is 5.97 Å². The number of hydrogen-bond donors (Lipinski definition) is 4. The Bertz CT molecular complexity index is 879. The van der Waals surface area contributed by atoms with Crippen molar-refractivity contribution in [3.8, 4) is 0 Å². The molecular weight excluding hydrogens is 684 g/mol. The van der Waals surface area contributed by atoms with Crippen molar-refractivity contribution in [3.05, 3.63) is 24.3 Å². The highest BCUT2D eigenvalue weighted by Gasteiger charge is 2.44. The van der Waals surface area contributed by atoms with Crippen LogP contribution in [0.1, 0.15) is 194 Å². The third-order valence-corrected chi connectivity index (χ3v) is 10.4. The van der Waals surface area contributed by atoms with Gasteiger partial charge in [0.2, 0.25) is 0 Å². The molecule has 318 valence electrons. The predicted molar refractivity (Wildman–Crippen MR) is 219 cm³/mol. The van der Waals surface area contributed by atoms with Crippen LogP contribution in [0, 0.1) is 0 Å². The smallest absolute Gasteiger partial charge is 0.306 e. The second-order valence-corrected chi connectivity index (χ2v) is 15.5. The van der Waals surface area contributed by atoms with Crippen LogP contribution in [0.2, 0.25) is 0 Å². The maximum absolute atomic E-state index is 12.8. The Morgan fingerprint density at radius 3 is 1.63 bits per heavy atom. The fourth-order valence-electron chi connectivity index (χ4n) is 6.82. The lowest BCUT2D eigenvalue weighted by Crippen LogP contribution is -2.59. The number of aliphatic hydroxyl groups excluding tert-OH is 4. The van der Waals surface area contributed by atoms with Crippen LogP contribution in [0.25, 0.3) is 0 Å². The number of aliphatic hydroxyl groups is 4. The van der Waals surface area contributed by atoms with Gasteiger partial charge in [-0.3, -0.25) is 4.79 Å². The van der Waals surface area contributed by atoms with E-state index in [0.29, 0.717) is 13.0 Å². The fourth-order valence-corrected chi connectivity index (χ4v) is 6.82. The van der Waals surface area contributed by atoms with Crippen molar-refractivity contribution in [3.63, 3.8) is 0 Å². The van der Waals surface area contributed by atoms with Gasteiger partial charge >= 0.3 is 5.97 Å². The Hall–Kier alpha value is -1.33. The van der Waals surface area contributed by atoms with Crippen molar-refractivity contribution in [2.45, 2.75) is 230 Å². The third-order valence-electron chi connectivity index (χ3n) is 10.4. The number of allylic oxidation sites excluding steroid dienone is 4. The van der Waals surface area contributed by atoms with Crippen LogP contribution in [0.3, 0.4) is 0 Å². The SMILES string of the molecule is CCCCC/C=C\C/C=C\CCCCCCCCCCCC(=O)OC(COCCCCCCCCCCCCCC)COC1OC(CO)C(O)C(O)C1O. The van der Waals surface area contributed by atoms with Gasteiger partial charge in [-0.1, -0.05) is 167 Å². The molecule has 0 radical (unpaired) electrons. The molecule has 9 heteroatoms. The summed E-state index contributed by atoms with van der Waals surface area (Å²) < 4.78 is 22.8. The monoisotopic (exact) mass is 769 g/mol. The van der Waals surface area contributed by atoms with Gasteiger partial charge in [0.25, 0.3) is 0 Å². The van der Waals surface area contributed by atoms with E-state index in [1.54, 1.807) is 0 Å². The van der Waals surface area contributed by atoms with E-state index in [2.05, 4.69) is 38.2 Å². The molecule has 54 heavy (non-hydrogen) atoms. The Kier molecular flexibility index (Phi) is 35.0. The van der Waals surface area contributed by atoms with Crippen LogP contribution < -0.4 is 0 Å². The molecule has 1 aliphatic rings. The molecule has 9 nitrogen and oxygen atoms in total. The summed E-state index contributed by atoms with van der Waals surface area (Å²) in [5.41, 5.74) is 0. The number of carbonyl (C=O) groups excluding carboxylic acids is 1. The topological polar surface area (TPSA) is 135 Å². The maximum Gasteiger partial charge on any atom is 0.306 e. The average Bonchev–Trinajstić information content (AvgIpc) is 3.17. The van der Waals surface area contributed by atoms with Gasteiger partial charge in [0.15, 0.2) is 6.29 Å². The molecule has 0 spiro atoms. The second kappa shape index (κ2) is 37.3. The molecule has 1 saturated heterocycles. The van der Waals surface area contributed by atoms with Crippen molar-refractivity contribution in [2.24, 2.45) is 0 Å². The first-order valence-corrected chi connectivity index (χ1v) is 22.4. The van der Waals surface area contributed by atoms with Gasteiger partial charge in [0.1, 0.15) is 30.5 Å². The van der Waals surface area contributed by atoms with Gasteiger partial charge in [-0.25, -0.2) is 0 Å². The van der Waals surface area contributed by atoms with E-state index >= 15 is 0 Å². The summed E-state index contributed by atoms with van der Waals surface area (Å²) in [6.45, 7) is 4.54. The molecule has 0 aromatic heterocycles. The molecule has 0 aliphatic carbocycles. The number of esters is 1. The van der Waals surface area contributed by atoms with E-state index in [1.165, 1.54) is 135 Å². The molecule has 1 heterocycles. The van der Waals surface area contributed by atoms with E-state index in [0.717, 1.165) is 38.5 Å². The van der Waals surface area contributed by atoms with Crippen LogP contribution in [0.15, 0.2) is 24.3 Å². The standard InChI is InChI=1S/C45H84O9/c1-3-5-7-9-11-13-15-17-18-19-20-21-22-23-24-26-28-30-32-34-41(47)53-39(38-52-45-44(50)43(49)42(48)40(36-46)54-45)37-51-35-33-31-29-27-25-16-14-12-10-8-6-4-2/h11,13,17-18,39-40,42-46,48-50H,3-10,12,14-16,19-38H2,1-2H3/b13-11-,18-17-. The van der Waals surface area contributed by atoms with E-state index in [4.69, 9.17) is 18.9 Å². The van der Waals surface area contributed by atoms with Crippen molar-refractivity contribution in [1.82, 2.24) is 0 Å². The van der Waals surface area contributed by atoms with Gasteiger partial charge in [-0.05, 0) is 44.9 Å². The molecule has 4 N–H and O–H groups in total. The number of hydrogen-bond acceptors (Lipinski definition) is 9. The average molecular weight is 769 g/mol. The highest BCUT2D eigenvalue weighted by molar-refractivity contribution is 5.69. The number of ether oxygens (including phenoxy) is 4. The number of unbranched alkanes of at least 4 members (excludes halogenated alkanes) is 23. The summed E-state index contributed by atoms with van der Waals surface area (Å²) in [5.74, 6) is -0.316. The summed E-state index contributed by atoms with van der Waals surface area (Å²) in [6, 6.07) is 0. The first-order chi connectivity index (χ1) is 26.4. The van der Waals surface area contributed by atoms with Crippen LogP contribution in [-0.2, 0) is 23.7 Å². The highest BCUT2D eigenvalue weighted by atomic mass is 16.7. The van der Waals surface area contributed by atoms with Crippen LogP contribution in [0.4, 0.5) is 0 Å². The minimum atomic E-state index is -1.53. The quantitative estimate of drug-likeness (QED) is 0.0275. The summed E-state index contributed by atoms with van der Waals surface area (Å²) >= 11 is 0. The number of carbonyl (C=O) groups is 1. The zero-order valence-corrected chi connectivity index (χ0v) is 34.7. The van der Waals surface area contributed by atoms with E-state index < -0.39 is 43.4 Å². The van der Waals surface area contributed by atoms with E-state index in [-0.39, 0.29) is 19.2 Å². The largest absolute Gasteiger partial charge is 0.457 e. The van der Waals surface area contributed by atoms with E-state index in [9.17, 15) is 25.2 Å². The van der Waals surface area contributed by atoms with Gasteiger partial charge in [-0.2, -0.15) is 0 Å². The van der Waals surface area contributed by atoms with Gasteiger partial charge in [-0.15, -0.1) is 0 Å². The summed E-state index contributed by atoms with van der Waals surface area (Å²) in [7, 11) is 0. The molecule has 0 bridgehead atoms. The van der Waals surface area contributed by atoms with Crippen LogP contribution >= 0.6 is 0 Å². The summed E-state index contributed by atoms with van der Waals surface area (Å²) in [4.78, 5) is 12.8. The minimum absolute atomic E-state index is 0.111. The molecule has 0 saturated carbocycles. The first kappa shape index (κ1) is 50.7. The zero-order chi connectivity index (χ0) is 39.3. The lowest BCUT2D eigenvalue weighted by Gasteiger charge is -2.39. The highest BCUT2D eigenvalue weighted by Crippen LogP contribution is 2.22. The van der Waals surface area contributed by atoms with Gasteiger partial charge in [0.05, 0.1) is 19.8 Å². The second-order valence-electron chi connectivity index (χ2n) is 15.5. The molecule has 1 fully saturated rings. The molecule has 1 aliphatic heterocycles. The predicted octanol–water partition coefficient (Wildman–Crippen LogP) is 9.81. The van der Waals surface area contributed by atoms with Crippen LogP contribution in [-0.4, -0.2) is 89.6 Å². The van der Waals surface area contributed by atoms with Crippen LogP contribution in [0.5, 0.6) is 0 Å². The lowest BCUT2D eigenvalue weighted by atomic mass is 9.99. The molecule has 6 atom stereocenters. The zero-order valence-electron chi connectivity index (χ0n) is 34.7. The van der Waals surface area contributed by atoms with Gasteiger partial charge < -0.3 is 39.4 Å². The molecule has 6 unspecified atom stereocenters. The number of rotatable bonds is 38. The molecular formula is C45H84O9. The molecule has 0 aromatic carbocycles. The Labute approximate surface area is 330 Å². The maximum atomic E-state index is 12.8. The third kappa shape index (κ3) is 28.1. The van der Waals surface area contributed by atoms with Crippen molar-refractivity contribution in [2.75, 3.05) is 26.4 Å². The molecule has 0 aromatic rings. The first-order valence-electron chi connectivity index (χ1n) is 22.4. The normalized spacial score (nSPS) is 21.0. The summed E-state index contributed by atoms with van der Waals surface area (Å²) in [5, 5.41) is 40.1. The van der Waals surface area contributed by atoms with Gasteiger partial charge in [0, 0.05) is 13.0 Å². The van der Waals surface area contributed by atoms with Crippen molar-refractivity contribution < 1.29 is 44.2 Å².